The summed E-state index contributed by atoms with van der Waals surface area (Å²) in [5.74, 6) is -0.214. The van der Waals surface area contributed by atoms with Gasteiger partial charge in [0.2, 0.25) is 5.91 Å². The van der Waals surface area contributed by atoms with Gasteiger partial charge in [0.25, 0.3) is 0 Å². The summed E-state index contributed by atoms with van der Waals surface area (Å²) in [4.78, 5) is 28.1. The van der Waals surface area contributed by atoms with Crippen molar-refractivity contribution in [3.05, 3.63) is 17.6 Å². The molecule has 160 valence electrons. The molecule has 0 aromatic carbocycles. The summed E-state index contributed by atoms with van der Waals surface area (Å²) in [6, 6.07) is 1.95. The number of hydrogen-bond donors (Lipinski definition) is 3. The Labute approximate surface area is 175 Å². The van der Waals surface area contributed by atoms with Gasteiger partial charge in [-0.05, 0) is 52.0 Å². The van der Waals surface area contributed by atoms with Gasteiger partial charge in [-0.15, -0.1) is 11.3 Å². The number of fused-ring (bicyclic) bond motifs is 1. The first-order valence-electron chi connectivity index (χ1n) is 9.74. The molecule has 0 radical (unpaired) electrons. The van der Waals surface area contributed by atoms with Crippen molar-refractivity contribution in [1.29, 1.82) is 0 Å². The van der Waals surface area contributed by atoms with Crippen LogP contribution in [0.25, 0.3) is 10.2 Å². The van der Waals surface area contributed by atoms with Gasteiger partial charge in [0.05, 0.1) is 27.8 Å². The Hall–Kier alpha value is -2.39. The Bertz CT molecular complexity index is 816. The zero-order valence-electron chi connectivity index (χ0n) is 17.5. The van der Waals surface area contributed by atoms with Crippen molar-refractivity contribution in [3.63, 3.8) is 0 Å². The van der Waals surface area contributed by atoms with Gasteiger partial charge in [-0.1, -0.05) is 0 Å². The summed E-state index contributed by atoms with van der Waals surface area (Å²) in [5, 5.41) is 11.0. The zero-order valence-corrected chi connectivity index (χ0v) is 18.3. The molecule has 0 spiro atoms. The normalized spacial score (nSPS) is 11.3. The monoisotopic (exact) mass is 422 g/mol. The SMILES string of the molecule is CCOCC(=O)Nc1cnc2ccsc2c1NCCCCNC(=O)OC(C)(C)C. The minimum absolute atomic E-state index is 0.00868. The molecular weight excluding hydrogens is 392 g/mol. The number of hydrogen-bond acceptors (Lipinski definition) is 7. The first-order chi connectivity index (χ1) is 13.8. The lowest BCUT2D eigenvalue weighted by molar-refractivity contribution is -0.120. The molecule has 2 rings (SSSR count). The lowest BCUT2D eigenvalue weighted by atomic mass is 10.2. The van der Waals surface area contributed by atoms with E-state index in [-0.39, 0.29) is 12.5 Å². The van der Waals surface area contributed by atoms with Crippen LogP contribution in [0.2, 0.25) is 0 Å². The average molecular weight is 423 g/mol. The van der Waals surface area contributed by atoms with Crippen molar-refractivity contribution >= 4 is 44.9 Å². The molecule has 2 aromatic heterocycles. The summed E-state index contributed by atoms with van der Waals surface area (Å²) in [6.45, 7) is 9.08. The fourth-order valence-corrected chi connectivity index (χ4v) is 3.41. The van der Waals surface area contributed by atoms with E-state index in [0.29, 0.717) is 25.4 Å². The highest BCUT2D eigenvalue weighted by atomic mass is 32.1. The number of pyridine rings is 1. The molecule has 29 heavy (non-hydrogen) atoms. The van der Waals surface area contributed by atoms with Crippen LogP contribution in [0.4, 0.5) is 16.2 Å². The second-order valence-corrected chi connectivity index (χ2v) is 8.35. The van der Waals surface area contributed by atoms with Crippen molar-refractivity contribution in [3.8, 4) is 0 Å². The average Bonchev–Trinajstić information content (AvgIpc) is 3.11. The standard InChI is InChI=1S/C20H30N4O4S/c1-5-27-13-16(25)24-15-12-23-14-8-11-29-18(14)17(15)21-9-6-7-10-22-19(26)28-20(2,3)4/h8,11-12H,5-7,9-10,13H2,1-4H3,(H,21,23)(H,22,26)(H,24,25). The summed E-state index contributed by atoms with van der Waals surface area (Å²) in [6.07, 6.45) is 2.90. The molecule has 2 heterocycles. The largest absolute Gasteiger partial charge is 0.444 e. The van der Waals surface area contributed by atoms with Crippen molar-refractivity contribution in [2.45, 2.75) is 46.1 Å². The maximum atomic E-state index is 12.0. The van der Waals surface area contributed by atoms with E-state index in [4.69, 9.17) is 9.47 Å². The number of carbonyl (C=O) groups excluding carboxylic acids is 2. The molecule has 0 aliphatic carbocycles. The van der Waals surface area contributed by atoms with Crippen LogP contribution in [0, 0.1) is 0 Å². The highest BCUT2D eigenvalue weighted by Gasteiger charge is 2.15. The number of amides is 2. The molecule has 0 saturated carbocycles. The second-order valence-electron chi connectivity index (χ2n) is 7.43. The molecule has 8 nitrogen and oxygen atoms in total. The summed E-state index contributed by atoms with van der Waals surface area (Å²) >= 11 is 1.57. The predicted molar refractivity (Wildman–Crippen MR) is 117 cm³/mol. The van der Waals surface area contributed by atoms with Crippen LogP contribution >= 0.6 is 11.3 Å². The van der Waals surface area contributed by atoms with E-state index in [1.54, 1.807) is 17.5 Å². The van der Waals surface area contributed by atoms with Crippen LogP contribution in [0.1, 0.15) is 40.5 Å². The first-order valence-corrected chi connectivity index (χ1v) is 10.6. The van der Waals surface area contributed by atoms with E-state index < -0.39 is 11.7 Å². The number of unbranched alkanes of at least 4 members (excludes halogenated alkanes) is 1. The lowest BCUT2D eigenvalue weighted by Crippen LogP contribution is -2.33. The number of aromatic nitrogens is 1. The summed E-state index contributed by atoms with van der Waals surface area (Å²) < 4.78 is 11.4. The molecule has 9 heteroatoms. The topological polar surface area (TPSA) is 102 Å². The highest BCUT2D eigenvalue weighted by Crippen LogP contribution is 2.33. The maximum Gasteiger partial charge on any atom is 0.407 e. The minimum Gasteiger partial charge on any atom is -0.444 e. The Morgan fingerprint density at radius 3 is 2.69 bits per heavy atom. The Morgan fingerprint density at radius 2 is 1.97 bits per heavy atom. The van der Waals surface area contributed by atoms with Gasteiger partial charge in [-0.2, -0.15) is 0 Å². The van der Waals surface area contributed by atoms with Crippen molar-refractivity contribution < 1.29 is 19.1 Å². The third-order valence-electron chi connectivity index (χ3n) is 3.76. The van der Waals surface area contributed by atoms with Crippen LogP contribution in [0.15, 0.2) is 17.6 Å². The number of carbonyl (C=O) groups is 2. The van der Waals surface area contributed by atoms with E-state index in [2.05, 4.69) is 20.9 Å². The van der Waals surface area contributed by atoms with Crippen molar-refractivity contribution in [2.24, 2.45) is 0 Å². The van der Waals surface area contributed by atoms with Gasteiger partial charge in [-0.3, -0.25) is 9.78 Å². The number of rotatable bonds is 10. The first kappa shape index (κ1) is 22.9. The van der Waals surface area contributed by atoms with E-state index in [1.165, 1.54) is 0 Å². The molecular formula is C20H30N4O4S. The molecule has 0 fully saturated rings. The van der Waals surface area contributed by atoms with Gasteiger partial charge < -0.3 is 25.4 Å². The van der Waals surface area contributed by atoms with Gasteiger partial charge in [0.15, 0.2) is 0 Å². The number of alkyl carbamates (subject to hydrolysis) is 1. The minimum atomic E-state index is -0.498. The van der Waals surface area contributed by atoms with E-state index >= 15 is 0 Å². The van der Waals surface area contributed by atoms with E-state index in [1.807, 2.05) is 39.1 Å². The highest BCUT2D eigenvalue weighted by molar-refractivity contribution is 7.17. The molecule has 0 atom stereocenters. The number of ether oxygens (including phenoxy) is 2. The maximum absolute atomic E-state index is 12.0. The molecule has 0 saturated heterocycles. The number of anilines is 2. The van der Waals surface area contributed by atoms with Crippen LogP contribution in [-0.4, -0.2) is 48.9 Å². The lowest BCUT2D eigenvalue weighted by Gasteiger charge is -2.19. The molecule has 2 aromatic rings. The summed E-state index contributed by atoms with van der Waals surface area (Å²) in [7, 11) is 0. The molecule has 0 bridgehead atoms. The fraction of sp³-hybridized carbons (Fsp3) is 0.550. The Morgan fingerprint density at radius 1 is 1.21 bits per heavy atom. The third-order valence-corrected chi connectivity index (χ3v) is 4.68. The smallest absolute Gasteiger partial charge is 0.407 e. The van der Waals surface area contributed by atoms with Crippen molar-refractivity contribution in [2.75, 3.05) is 36.9 Å². The second kappa shape index (κ2) is 11.0. The van der Waals surface area contributed by atoms with Gasteiger partial charge >= 0.3 is 6.09 Å². The number of thiophene rings is 1. The van der Waals surface area contributed by atoms with Crippen LogP contribution in [0.5, 0.6) is 0 Å². The number of nitrogens with one attached hydrogen (secondary N) is 3. The molecule has 0 aliphatic rings. The molecule has 3 N–H and O–H groups in total. The van der Waals surface area contributed by atoms with Gasteiger partial charge in [-0.25, -0.2) is 4.79 Å². The van der Waals surface area contributed by atoms with Gasteiger partial charge in [0.1, 0.15) is 12.2 Å². The molecule has 0 unspecified atom stereocenters. The predicted octanol–water partition coefficient (Wildman–Crippen LogP) is 3.99. The molecule has 0 aliphatic heterocycles. The van der Waals surface area contributed by atoms with E-state index in [0.717, 1.165) is 28.7 Å². The Balaban J connectivity index is 1.86. The Kier molecular flexibility index (Phi) is 8.66. The third kappa shape index (κ3) is 7.86. The quantitative estimate of drug-likeness (QED) is 0.501. The van der Waals surface area contributed by atoms with Crippen LogP contribution in [-0.2, 0) is 14.3 Å². The zero-order chi connectivity index (χ0) is 21.3. The molecule has 2 amide bonds. The van der Waals surface area contributed by atoms with Gasteiger partial charge in [0, 0.05) is 19.7 Å². The van der Waals surface area contributed by atoms with E-state index in [9.17, 15) is 9.59 Å². The van der Waals surface area contributed by atoms with Crippen LogP contribution < -0.4 is 16.0 Å². The van der Waals surface area contributed by atoms with Crippen LogP contribution in [0.3, 0.4) is 0 Å². The summed E-state index contributed by atoms with van der Waals surface area (Å²) in [5.41, 5.74) is 1.88. The number of nitrogens with zero attached hydrogens (tertiary/aromatic N) is 1. The fourth-order valence-electron chi connectivity index (χ4n) is 2.53. The van der Waals surface area contributed by atoms with Crippen molar-refractivity contribution in [1.82, 2.24) is 10.3 Å².